The molecule has 1 aromatic carbocycles. The molecular formula is C14H14N2OS. The molecule has 0 amide bonds. The molecule has 1 heterocycles. The summed E-state index contributed by atoms with van der Waals surface area (Å²) in [6, 6.07) is 8.42. The lowest BCUT2D eigenvalue weighted by molar-refractivity contribution is 0.318. The Labute approximate surface area is 110 Å². The Morgan fingerprint density at radius 1 is 1.22 bits per heavy atom. The Kier molecular flexibility index (Phi) is 2.80. The number of nitrogens with zero attached hydrogens (tertiary/aromatic N) is 2. The van der Waals surface area contributed by atoms with Crippen molar-refractivity contribution in [1.82, 2.24) is 0 Å². The summed E-state index contributed by atoms with van der Waals surface area (Å²) in [6.07, 6.45) is 1.79. The van der Waals surface area contributed by atoms with Crippen molar-refractivity contribution in [3.63, 3.8) is 0 Å². The van der Waals surface area contributed by atoms with E-state index in [4.69, 9.17) is 5.21 Å². The zero-order valence-electron chi connectivity index (χ0n) is 10.1. The first kappa shape index (κ1) is 11.3. The molecule has 3 rings (SSSR count). The number of thiophene rings is 1. The van der Waals surface area contributed by atoms with Crippen molar-refractivity contribution in [1.29, 1.82) is 0 Å². The molecular weight excluding hydrogens is 244 g/mol. The van der Waals surface area contributed by atoms with Gasteiger partial charge in [0.2, 0.25) is 0 Å². The summed E-state index contributed by atoms with van der Waals surface area (Å²) in [6.45, 7) is 0. The molecule has 18 heavy (non-hydrogen) atoms. The van der Waals surface area contributed by atoms with Crippen LogP contribution in [-0.2, 0) is 6.42 Å². The SMILES string of the molecule is CN(c1ccsc1)c1ccc2c(c1)CCC2=NO. The monoisotopic (exact) mass is 258 g/mol. The van der Waals surface area contributed by atoms with Crippen LogP contribution in [0.5, 0.6) is 0 Å². The van der Waals surface area contributed by atoms with Gasteiger partial charge in [-0.25, -0.2) is 0 Å². The molecule has 0 saturated carbocycles. The van der Waals surface area contributed by atoms with Gasteiger partial charge in [0, 0.05) is 23.7 Å². The molecule has 3 nitrogen and oxygen atoms in total. The molecule has 1 aliphatic rings. The molecule has 92 valence electrons. The van der Waals surface area contributed by atoms with Crippen LogP contribution in [-0.4, -0.2) is 18.0 Å². The molecule has 0 aliphatic heterocycles. The van der Waals surface area contributed by atoms with Crippen LogP contribution >= 0.6 is 11.3 Å². The van der Waals surface area contributed by atoms with E-state index in [1.165, 1.54) is 16.9 Å². The minimum Gasteiger partial charge on any atom is -0.411 e. The third-order valence-corrected chi connectivity index (χ3v) is 4.10. The Hall–Kier alpha value is -1.81. The van der Waals surface area contributed by atoms with Crippen molar-refractivity contribution in [2.75, 3.05) is 11.9 Å². The second kappa shape index (κ2) is 4.46. The fraction of sp³-hybridized carbons (Fsp3) is 0.214. The standard InChI is InChI=1S/C14H14N2OS/c1-16(12-6-7-18-9-12)11-3-4-13-10(8-11)2-5-14(13)15-17/h3-4,6-9,17H,2,5H2,1H3. The summed E-state index contributed by atoms with van der Waals surface area (Å²) < 4.78 is 0. The first-order valence-electron chi connectivity index (χ1n) is 5.90. The Bertz CT molecular complexity index is 590. The second-order valence-corrected chi connectivity index (χ2v) is 5.21. The van der Waals surface area contributed by atoms with Gasteiger partial charge in [-0.2, -0.15) is 11.3 Å². The summed E-state index contributed by atoms with van der Waals surface area (Å²) in [5.74, 6) is 0. The predicted octanol–water partition coefficient (Wildman–Crippen LogP) is 3.64. The maximum Gasteiger partial charge on any atom is 0.0873 e. The highest BCUT2D eigenvalue weighted by molar-refractivity contribution is 7.08. The molecule has 0 unspecified atom stereocenters. The number of aryl methyl sites for hydroxylation is 1. The highest BCUT2D eigenvalue weighted by Crippen LogP contribution is 2.30. The fourth-order valence-corrected chi connectivity index (χ4v) is 3.04. The summed E-state index contributed by atoms with van der Waals surface area (Å²) in [7, 11) is 2.07. The first-order chi connectivity index (χ1) is 8.79. The number of rotatable bonds is 2. The third-order valence-electron chi connectivity index (χ3n) is 3.43. The van der Waals surface area contributed by atoms with Crippen LogP contribution in [0, 0.1) is 0 Å². The molecule has 1 N–H and O–H groups in total. The van der Waals surface area contributed by atoms with Gasteiger partial charge in [0.25, 0.3) is 0 Å². The lowest BCUT2D eigenvalue weighted by Crippen LogP contribution is -2.08. The molecule has 4 heteroatoms. The van der Waals surface area contributed by atoms with E-state index in [0.717, 1.165) is 24.1 Å². The fourth-order valence-electron chi connectivity index (χ4n) is 2.37. The lowest BCUT2D eigenvalue weighted by atomic mass is 10.1. The maximum absolute atomic E-state index is 8.92. The maximum atomic E-state index is 8.92. The van der Waals surface area contributed by atoms with Crippen molar-refractivity contribution < 1.29 is 5.21 Å². The Balaban J connectivity index is 1.97. The van der Waals surface area contributed by atoms with E-state index < -0.39 is 0 Å². The van der Waals surface area contributed by atoms with Crippen LogP contribution in [0.2, 0.25) is 0 Å². The van der Waals surface area contributed by atoms with Crippen LogP contribution in [0.4, 0.5) is 11.4 Å². The molecule has 0 radical (unpaired) electrons. The number of anilines is 2. The first-order valence-corrected chi connectivity index (χ1v) is 6.84. The van der Waals surface area contributed by atoms with Gasteiger partial charge in [-0.15, -0.1) is 0 Å². The molecule has 1 aliphatic carbocycles. The van der Waals surface area contributed by atoms with Crippen molar-refractivity contribution in [3.8, 4) is 0 Å². The van der Waals surface area contributed by atoms with Crippen LogP contribution in [0.1, 0.15) is 17.5 Å². The van der Waals surface area contributed by atoms with Gasteiger partial charge in [-0.1, -0.05) is 11.2 Å². The highest BCUT2D eigenvalue weighted by atomic mass is 32.1. The average molecular weight is 258 g/mol. The highest BCUT2D eigenvalue weighted by Gasteiger charge is 2.19. The van der Waals surface area contributed by atoms with Crippen LogP contribution < -0.4 is 4.90 Å². The molecule has 0 fully saturated rings. The van der Waals surface area contributed by atoms with Gasteiger partial charge in [-0.05, 0) is 42.0 Å². The molecule has 0 saturated heterocycles. The van der Waals surface area contributed by atoms with Gasteiger partial charge in [-0.3, -0.25) is 0 Å². The number of fused-ring (bicyclic) bond motifs is 1. The minimum atomic E-state index is 0.801. The van der Waals surface area contributed by atoms with Gasteiger partial charge in [0.1, 0.15) is 0 Å². The van der Waals surface area contributed by atoms with Gasteiger partial charge in [0.15, 0.2) is 0 Å². The third kappa shape index (κ3) is 1.78. The minimum absolute atomic E-state index is 0.801. The van der Waals surface area contributed by atoms with Gasteiger partial charge < -0.3 is 10.1 Å². The number of benzene rings is 1. The van der Waals surface area contributed by atoms with E-state index in [1.807, 2.05) is 0 Å². The average Bonchev–Trinajstić information content (AvgIpc) is 3.06. The van der Waals surface area contributed by atoms with Crippen LogP contribution in [0.15, 0.2) is 40.2 Å². The van der Waals surface area contributed by atoms with E-state index in [9.17, 15) is 0 Å². The molecule has 0 atom stereocenters. The number of oxime groups is 1. The summed E-state index contributed by atoms with van der Waals surface area (Å²) in [5.41, 5.74) is 5.53. The van der Waals surface area contributed by atoms with E-state index in [0.29, 0.717) is 0 Å². The van der Waals surface area contributed by atoms with E-state index in [-0.39, 0.29) is 0 Å². The zero-order valence-corrected chi connectivity index (χ0v) is 10.9. The molecule has 0 spiro atoms. The normalized spacial score (nSPS) is 15.9. The summed E-state index contributed by atoms with van der Waals surface area (Å²) >= 11 is 1.70. The zero-order chi connectivity index (χ0) is 12.5. The smallest absolute Gasteiger partial charge is 0.0873 e. The van der Waals surface area contributed by atoms with Crippen molar-refractivity contribution in [3.05, 3.63) is 46.2 Å². The lowest BCUT2D eigenvalue weighted by Gasteiger charge is -2.18. The molecule has 2 aromatic rings. The van der Waals surface area contributed by atoms with Gasteiger partial charge in [0.05, 0.1) is 11.4 Å². The molecule has 0 bridgehead atoms. The van der Waals surface area contributed by atoms with Crippen molar-refractivity contribution in [2.24, 2.45) is 5.16 Å². The van der Waals surface area contributed by atoms with Crippen molar-refractivity contribution >= 4 is 28.4 Å². The van der Waals surface area contributed by atoms with E-state index in [2.05, 4.69) is 52.1 Å². The predicted molar refractivity (Wildman–Crippen MR) is 75.5 cm³/mol. The largest absolute Gasteiger partial charge is 0.411 e. The van der Waals surface area contributed by atoms with E-state index in [1.54, 1.807) is 11.3 Å². The summed E-state index contributed by atoms with van der Waals surface area (Å²) in [5, 5.41) is 16.5. The second-order valence-electron chi connectivity index (χ2n) is 4.43. The van der Waals surface area contributed by atoms with Gasteiger partial charge >= 0.3 is 0 Å². The Morgan fingerprint density at radius 3 is 2.83 bits per heavy atom. The summed E-state index contributed by atoms with van der Waals surface area (Å²) in [4.78, 5) is 2.17. The van der Waals surface area contributed by atoms with Crippen LogP contribution in [0.3, 0.4) is 0 Å². The Morgan fingerprint density at radius 2 is 2.11 bits per heavy atom. The topological polar surface area (TPSA) is 35.8 Å². The quantitative estimate of drug-likeness (QED) is 0.659. The molecule has 1 aromatic heterocycles. The number of hydrogen-bond donors (Lipinski definition) is 1. The van der Waals surface area contributed by atoms with Crippen LogP contribution in [0.25, 0.3) is 0 Å². The van der Waals surface area contributed by atoms with Crippen molar-refractivity contribution in [2.45, 2.75) is 12.8 Å². The van der Waals surface area contributed by atoms with E-state index >= 15 is 0 Å². The number of hydrogen-bond acceptors (Lipinski definition) is 4.